The topological polar surface area (TPSA) is 57.4 Å². The van der Waals surface area contributed by atoms with Crippen molar-refractivity contribution in [2.45, 2.75) is 13.5 Å². The molecule has 4 nitrogen and oxygen atoms in total. The number of pyridine rings is 1. The SMILES string of the molecule is CCOc1cc(CN)ccc1Oc1ncc(Cl)cc1Cl. The second-order valence-corrected chi connectivity index (χ2v) is 4.80. The Labute approximate surface area is 127 Å². The quantitative estimate of drug-likeness (QED) is 0.905. The summed E-state index contributed by atoms with van der Waals surface area (Å²) in [6.07, 6.45) is 1.47. The van der Waals surface area contributed by atoms with Crippen molar-refractivity contribution in [1.29, 1.82) is 0 Å². The van der Waals surface area contributed by atoms with E-state index in [2.05, 4.69) is 4.98 Å². The molecule has 0 saturated carbocycles. The van der Waals surface area contributed by atoms with E-state index in [1.54, 1.807) is 12.1 Å². The average molecular weight is 313 g/mol. The molecule has 0 amide bonds. The minimum Gasteiger partial charge on any atom is -0.490 e. The highest BCUT2D eigenvalue weighted by molar-refractivity contribution is 6.35. The molecule has 106 valence electrons. The van der Waals surface area contributed by atoms with Gasteiger partial charge < -0.3 is 15.2 Å². The molecule has 0 unspecified atom stereocenters. The Morgan fingerprint density at radius 2 is 2.00 bits per heavy atom. The summed E-state index contributed by atoms with van der Waals surface area (Å²) in [7, 11) is 0. The number of nitrogens with two attached hydrogens (primary N) is 1. The number of aromatic nitrogens is 1. The average Bonchev–Trinajstić information content (AvgIpc) is 2.43. The molecule has 2 rings (SSSR count). The molecular formula is C14H14Cl2N2O2. The molecule has 1 heterocycles. The normalized spacial score (nSPS) is 10.4. The molecule has 2 aromatic rings. The van der Waals surface area contributed by atoms with E-state index in [1.165, 1.54) is 6.20 Å². The summed E-state index contributed by atoms with van der Waals surface area (Å²) in [6.45, 7) is 2.85. The predicted molar refractivity (Wildman–Crippen MR) is 79.8 cm³/mol. The molecule has 2 N–H and O–H groups in total. The Kier molecular flexibility index (Phi) is 5.06. The number of nitrogens with zero attached hydrogens (tertiary/aromatic N) is 1. The van der Waals surface area contributed by atoms with Crippen LogP contribution in [0.15, 0.2) is 30.5 Å². The predicted octanol–water partition coefficient (Wildman–Crippen LogP) is 4.04. The lowest BCUT2D eigenvalue weighted by molar-refractivity contribution is 0.319. The molecular weight excluding hydrogens is 299 g/mol. The number of ether oxygens (including phenoxy) is 2. The molecule has 0 aliphatic carbocycles. The van der Waals surface area contributed by atoms with Crippen LogP contribution in [0.3, 0.4) is 0 Å². The first-order valence-corrected chi connectivity index (χ1v) is 6.84. The highest BCUT2D eigenvalue weighted by Gasteiger charge is 2.11. The van der Waals surface area contributed by atoms with E-state index in [-0.39, 0.29) is 5.88 Å². The van der Waals surface area contributed by atoms with Gasteiger partial charge in [0.15, 0.2) is 11.5 Å². The summed E-state index contributed by atoms with van der Waals surface area (Å²) in [5, 5.41) is 0.786. The standard InChI is InChI=1S/C14H14Cl2N2O2/c1-2-19-13-5-9(7-17)3-4-12(13)20-14-11(16)6-10(15)8-18-14/h3-6,8H,2,7,17H2,1H3. The van der Waals surface area contributed by atoms with Gasteiger partial charge in [0, 0.05) is 12.7 Å². The summed E-state index contributed by atoms with van der Waals surface area (Å²) in [5.74, 6) is 1.40. The van der Waals surface area contributed by atoms with Crippen molar-refractivity contribution in [1.82, 2.24) is 4.98 Å². The highest BCUT2D eigenvalue weighted by atomic mass is 35.5. The second kappa shape index (κ2) is 6.79. The van der Waals surface area contributed by atoms with E-state index >= 15 is 0 Å². The maximum absolute atomic E-state index is 6.03. The van der Waals surface area contributed by atoms with Crippen LogP contribution >= 0.6 is 23.2 Å². The van der Waals surface area contributed by atoms with Gasteiger partial charge in [0.25, 0.3) is 0 Å². The third kappa shape index (κ3) is 3.54. The van der Waals surface area contributed by atoms with Crippen LogP contribution < -0.4 is 15.2 Å². The second-order valence-electron chi connectivity index (χ2n) is 3.96. The zero-order valence-corrected chi connectivity index (χ0v) is 12.4. The van der Waals surface area contributed by atoms with E-state index < -0.39 is 0 Å². The summed E-state index contributed by atoms with van der Waals surface area (Å²) < 4.78 is 11.2. The minimum absolute atomic E-state index is 0.275. The fourth-order valence-corrected chi connectivity index (χ4v) is 2.03. The van der Waals surface area contributed by atoms with Gasteiger partial charge in [-0.3, -0.25) is 0 Å². The van der Waals surface area contributed by atoms with Gasteiger partial charge in [0.05, 0.1) is 11.6 Å². The van der Waals surface area contributed by atoms with Gasteiger partial charge in [-0.2, -0.15) is 0 Å². The lowest BCUT2D eigenvalue weighted by Crippen LogP contribution is -2.00. The number of hydrogen-bond acceptors (Lipinski definition) is 4. The molecule has 0 radical (unpaired) electrons. The van der Waals surface area contributed by atoms with Gasteiger partial charge in [-0.05, 0) is 30.7 Å². The van der Waals surface area contributed by atoms with Gasteiger partial charge in [-0.1, -0.05) is 29.3 Å². The third-order valence-corrected chi connectivity index (χ3v) is 3.00. The summed E-state index contributed by atoms with van der Waals surface area (Å²) in [4.78, 5) is 4.05. The van der Waals surface area contributed by atoms with Gasteiger partial charge >= 0.3 is 0 Å². The smallest absolute Gasteiger partial charge is 0.238 e. The van der Waals surface area contributed by atoms with Crippen LogP contribution in [0.5, 0.6) is 17.4 Å². The molecule has 1 aromatic carbocycles. The number of rotatable bonds is 5. The number of hydrogen-bond donors (Lipinski definition) is 1. The van der Waals surface area contributed by atoms with Gasteiger partial charge in [-0.25, -0.2) is 4.98 Å². The zero-order chi connectivity index (χ0) is 14.5. The van der Waals surface area contributed by atoms with E-state index in [1.807, 2.05) is 19.1 Å². The molecule has 0 bridgehead atoms. The van der Waals surface area contributed by atoms with E-state index in [0.717, 1.165) is 5.56 Å². The van der Waals surface area contributed by atoms with Crippen molar-refractivity contribution in [3.63, 3.8) is 0 Å². The first-order valence-electron chi connectivity index (χ1n) is 6.08. The van der Waals surface area contributed by atoms with Gasteiger partial charge in [0.2, 0.25) is 5.88 Å². The molecule has 0 saturated heterocycles. The van der Waals surface area contributed by atoms with Crippen molar-refractivity contribution < 1.29 is 9.47 Å². The molecule has 0 aliphatic rings. The van der Waals surface area contributed by atoms with E-state index in [9.17, 15) is 0 Å². The van der Waals surface area contributed by atoms with Crippen LogP contribution in [-0.2, 0) is 6.54 Å². The molecule has 0 spiro atoms. The van der Waals surface area contributed by atoms with Crippen LogP contribution in [0, 0.1) is 0 Å². The van der Waals surface area contributed by atoms with Gasteiger partial charge in [-0.15, -0.1) is 0 Å². The van der Waals surface area contributed by atoms with Gasteiger partial charge in [0.1, 0.15) is 5.02 Å². The summed E-state index contributed by atoms with van der Waals surface area (Å²) in [5.41, 5.74) is 6.57. The minimum atomic E-state index is 0.275. The summed E-state index contributed by atoms with van der Waals surface area (Å²) in [6, 6.07) is 7.05. The Morgan fingerprint density at radius 1 is 1.20 bits per heavy atom. The van der Waals surface area contributed by atoms with Crippen LogP contribution in [0.4, 0.5) is 0 Å². The van der Waals surface area contributed by atoms with Crippen molar-refractivity contribution in [2.24, 2.45) is 5.73 Å². The fourth-order valence-electron chi connectivity index (χ4n) is 1.61. The number of halogens is 2. The summed E-state index contributed by atoms with van der Waals surface area (Å²) >= 11 is 11.8. The third-order valence-electron chi connectivity index (χ3n) is 2.52. The van der Waals surface area contributed by atoms with E-state index in [4.69, 9.17) is 38.4 Å². The van der Waals surface area contributed by atoms with Crippen LogP contribution in [-0.4, -0.2) is 11.6 Å². The molecule has 6 heteroatoms. The van der Waals surface area contributed by atoms with Crippen molar-refractivity contribution in [3.8, 4) is 17.4 Å². The van der Waals surface area contributed by atoms with Crippen molar-refractivity contribution in [2.75, 3.05) is 6.61 Å². The van der Waals surface area contributed by atoms with Crippen molar-refractivity contribution >= 4 is 23.2 Å². The maximum atomic E-state index is 6.03. The van der Waals surface area contributed by atoms with Crippen LogP contribution in [0.1, 0.15) is 12.5 Å². The van der Waals surface area contributed by atoms with Crippen molar-refractivity contribution in [3.05, 3.63) is 46.1 Å². The Hall–Kier alpha value is -1.49. The first-order chi connectivity index (χ1) is 9.63. The first kappa shape index (κ1) is 14.9. The Balaban J connectivity index is 2.32. The Morgan fingerprint density at radius 3 is 2.65 bits per heavy atom. The molecule has 1 aromatic heterocycles. The fraction of sp³-hybridized carbons (Fsp3) is 0.214. The molecule has 20 heavy (non-hydrogen) atoms. The molecule has 0 atom stereocenters. The van der Waals surface area contributed by atoms with Crippen LogP contribution in [0.25, 0.3) is 0 Å². The van der Waals surface area contributed by atoms with E-state index in [0.29, 0.717) is 34.7 Å². The zero-order valence-electron chi connectivity index (χ0n) is 10.9. The maximum Gasteiger partial charge on any atom is 0.238 e. The lowest BCUT2D eigenvalue weighted by atomic mass is 10.2. The highest BCUT2D eigenvalue weighted by Crippen LogP contribution is 2.35. The van der Waals surface area contributed by atoms with Crippen LogP contribution in [0.2, 0.25) is 10.0 Å². The largest absolute Gasteiger partial charge is 0.490 e. The number of benzene rings is 1. The lowest BCUT2D eigenvalue weighted by Gasteiger charge is -2.13. The molecule has 0 aliphatic heterocycles. The Bertz CT molecular complexity index is 606. The molecule has 0 fully saturated rings. The monoisotopic (exact) mass is 312 g/mol.